The summed E-state index contributed by atoms with van der Waals surface area (Å²) in [6, 6.07) is 40.5. The summed E-state index contributed by atoms with van der Waals surface area (Å²) < 4.78 is 13.6. The molecule has 2 atom stereocenters. The van der Waals surface area contributed by atoms with Gasteiger partial charge in [-0.15, -0.1) is 0 Å². The fourth-order valence-corrected chi connectivity index (χ4v) is 5.93. The summed E-state index contributed by atoms with van der Waals surface area (Å²) in [4.78, 5) is 6.89. The summed E-state index contributed by atoms with van der Waals surface area (Å²) >= 11 is 5.97. The van der Waals surface area contributed by atoms with Crippen molar-refractivity contribution < 1.29 is 9.47 Å². The SMILES string of the molecule is COc1ccc(Oc2ccc(N3C(=S)N[C@@H](c4ccccn4)[C@H]3c3cccn3-c3ccc4ccccc4c3)cc2)cc1. The van der Waals surface area contributed by atoms with E-state index in [0.717, 1.165) is 40.0 Å². The van der Waals surface area contributed by atoms with Gasteiger partial charge in [-0.25, -0.2) is 0 Å². The molecule has 0 aliphatic carbocycles. The molecule has 1 aliphatic rings. The Bertz CT molecular complexity index is 1850. The minimum atomic E-state index is -0.151. The van der Waals surface area contributed by atoms with Gasteiger partial charge < -0.3 is 24.3 Å². The number of hydrogen-bond donors (Lipinski definition) is 1. The number of fused-ring (bicyclic) bond motifs is 1. The molecule has 3 heterocycles. The molecule has 0 amide bonds. The first-order valence-corrected chi connectivity index (χ1v) is 14.2. The number of aromatic nitrogens is 2. The van der Waals surface area contributed by atoms with Gasteiger partial charge in [0.15, 0.2) is 5.11 Å². The van der Waals surface area contributed by atoms with Crippen LogP contribution in [0.1, 0.15) is 23.5 Å². The van der Waals surface area contributed by atoms with E-state index in [4.69, 9.17) is 26.7 Å². The predicted octanol–water partition coefficient (Wildman–Crippen LogP) is 8.00. The standard InChI is InChI=1S/C35H28N4O2S/c1-40-28-17-19-30(20-18-28)41-29-15-13-26(14-16-29)39-34(33(37-35(39)42)31-9-4-5-21-36-31)32-10-6-22-38(32)27-12-11-24-7-2-3-8-25(24)23-27/h2-23,33-34H,1H3,(H,37,42)/t33-,34+/m0/s1. The lowest BCUT2D eigenvalue weighted by atomic mass is 10.0. The maximum Gasteiger partial charge on any atom is 0.174 e. The first-order valence-electron chi connectivity index (χ1n) is 13.8. The van der Waals surface area contributed by atoms with Crippen LogP contribution in [0.25, 0.3) is 16.5 Å². The van der Waals surface area contributed by atoms with E-state index in [1.54, 1.807) is 7.11 Å². The van der Waals surface area contributed by atoms with Gasteiger partial charge in [-0.3, -0.25) is 4.98 Å². The van der Waals surface area contributed by atoms with E-state index in [-0.39, 0.29) is 12.1 Å². The molecule has 1 fully saturated rings. The third-order valence-electron chi connectivity index (χ3n) is 7.60. The zero-order valence-electron chi connectivity index (χ0n) is 22.9. The number of nitrogens with zero attached hydrogens (tertiary/aromatic N) is 3. The predicted molar refractivity (Wildman–Crippen MR) is 171 cm³/mol. The van der Waals surface area contributed by atoms with Crippen LogP contribution in [0.4, 0.5) is 5.69 Å². The van der Waals surface area contributed by atoms with E-state index >= 15 is 0 Å². The third kappa shape index (κ3) is 4.84. The Morgan fingerprint density at radius 2 is 1.40 bits per heavy atom. The quantitative estimate of drug-likeness (QED) is 0.197. The zero-order chi connectivity index (χ0) is 28.5. The minimum absolute atomic E-state index is 0.150. The first-order chi connectivity index (χ1) is 20.7. The van der Waals surface area contributed by atoms with Crippen LogP contribution in [0.15, 0.2) is 134 Å². The maximum absolute atomic E-state index is 6.09. The van der Waals surface area contributed by atoms with Crippen molar-refractivity contribution in [3.8, 4) is 22.9 Å². The number of benzene rings is 4. The lowest BCUT2D eigenvalue weighted by Crippen LogP contribution is -2.30. The summed E-state index contributed by atoms with van der Waals surface area (Å²) in [5, 5.41) is 6.62. The average molecular weight is 569 g/mol. The van der Waals surface area contributed by atoms with Gasteiger partial charge in [0.1, 0.15) is 23.3 Å². The van der Waals surface area contributed by atoms with Gasteiger partial charge in [0.25, 0.3) is 0 Å². The molecule has 0 spiro atoms. The molecule has 1 aliphatic heterocycles. The van der Waals surface area contributed by atoms with E-state index in [1.165, 1.54) is 10.8 Å². The number of methoxy groups -OCH3 is 1. The largest absolute Gasteiger partial charge is 0.497 e. The summed E-state index contributed by atoms with van der Waals surface area (Å²) in [5.74, 6) is 2.26. The molecule has 4 aromatic carbocycles. The molecular weight excluding hydrogens is 540 g/mol. The Morgan fingerprint density at radius 1 is 0.714 bits per heavy atom. The van der Waals surface area contributed by atoms with Crippen molar-refractivity contribution in [2.45, 2.75) is 12.1 Å². The van der Waals surface area contributed by atoms with E-state index in [1.807, 2.05) is 72.9 Å². The van der Waals surface area contributed by atoms with Crippen molar-refractivity contribution in [1.29, 1.82) is 0 Å². The molecule has 6 nitrogen and oxygen atoms in total. The van der Waals surface area contributed by atoms with Gasteiger partial charge in [0.2, 0.25) is 0 Å². The lowest BCUT2D eigenvalue weighted by Gasteiger charge is -2.29. The molecule has 6 aromatic rings. The number of pyridine rings is 1. The third-order valence-corrected chi connectivity index (χ3v) is 7.92. The number of ether oxygens (including phenoxy) is 2. The molecule has 1 saturated heterocycles. The molecule has 0 unspecified atom stereocenters. The van der Waals surface area contributed by atoms with Crippen molar-refractivity contribution in [2.75, 3.05) is 12.0 Å². The van der Waals surface area contributed by atoms with Crippen LogP contribution in [0, 0.1) is 0 Å². The number of thiocarbonyl (C=S) groups is 1. The van der Waals surface area contributed by atoms with E-state index < -0.39 is 0 Å². The van der Waals surface area contributed by atoms with Crippen molar-refractivity contribution in [1.82, 2.24) is 14.9 Å². The zero-order valence-corrected chi connectivity index (χ0v) is 23.7. The molecule has 1 N–H and O–H groups in total. The van der Waals surface area contributed by atoms with Crippen LogP contribution >= 0.6 is 12.2 Å². The summed E-state index contributed by atoms with van der Waals surface area (Å²) in [6.45, 7) is 0. The summed E-state index contributed by atoms with van der Waals surface area (Å²) in [5.41, 5.74) is 4.09. The smallest absolute Gasteiger partial charge is 0.174 e. The van der Waals surface area contributed by atoms with Crippen molar-refractivity contribution >= 4 is 33.8 Å². The summed E-state index contributed by atoms with van der Waals surface area (Å²) in [7, 11) is 1.65. The molecule has 206 valence electrons. The number of anilines is 1. The van der Waals surface area contributed by atoms with Crippen LogP contribution in [0.3, 0.4) is 0 Å². The Kier molecular flexibility index (Phi) is 6.78. The maximum atomic E-state index is 6.09. The highest BCUT2D eigenvalue weighted by Crippen LogP contribution is 2.43. The van der Waals surface area contributed by atoms with Crippen molar-refractivity contribution in [3.05, 3.63) is 145 Å². The average Bonchev–Trinajstić information content (AvgIpc) is 3.66. The fraction of sp³-hybridized carbons (Fsp3) is 0.0857. The van der Waals surface area contributed by atoms with Crippen LogP contribution in [-0.2, 0) is 0 Å². The Labute approximate surface area is 249 Å². The van der Waals surface area contributed by atoms with E-state index in [2.05, 4.69) is 75.6 Å². The first kappa shape index (κ1) is 25.8. The van der Waals surface area contributed by atoms with Crippen LogP contribution in [0.5, 0.6) is 17.2 Å². The monoisotopic (exact) mass is 568 g/mol. The minimum Gasteiger partial charge on any atom is -0.497 e. The highest BCUT2D eigenvalue weighted by atomic mass is 32.1. The van der Waals surface area contributed by atoms with Gasteiger partial charge in [0.05, 0.1) is 18.8 Å². The Hall–Kier alpha value is -5.14. The highest BCUT2D eigenvalue weighted by molar-refractivity contribution is 7.80. The number of nitrogens with one attached hydrogen (secondary N) is 1. The molecule has 0 radical (unpaired) electrons. The second kappa shape index (κ2) is 11.0. The number of rotatable bonds is 7. The van der Waals surface area contributed by atoms with Gasteiger partial charge in [0, 0.05) is 29.5 Å². The lowest BCUT2D eigenvalue weighted by molar-refractivity contribution is 0.413. The highest BCUT2D eigenvalue weighted by Gasteiger charge is 2.42. The second-order valence-electron chi connectivity index (χ2n) is 10.1. The van der Waals surface area contributed by atoms with Crippen LogP contribution in [-0.4, -0.2) is 21.8 Å². The van der Waals surface area contributed by atoms with Crippen LogP contribution in [0.2, 0.25) is 0 Å². The van der Waals surface area contributed by atoms with E-state index in [9.17, 15) is 0 Å². The van der Waals surface area contributed by atoms with Gasteiger partial charge in [-0.1, -0.05) is 36.4 Å². The fourth-order valence-electron chi connectivity index (χ4n) is 5.58. The summed E-state index contributed by atoms with van der Waals surface area (Å²) in [6.07, 6.45) is 3.94. The number of hydrogen-bond acceptors (Lipinski definition) is 4. The van der Waals surface area contributed by atoms with Crippen molar-refractivity contribution in [2.24, 2.45) is 0 Å². The molecule has 7 heteroatoms. The van der Waals surface area contributed by atoms with Gasteiger partial charge >= 0.3 is 0 Å². The van der Waals surface area contributed by atoms with Crippen LogP contribution < -0.4 is 19.7 Å². The molecule has 42 heavy (non-hydrogen) atoms. The van der Waals surface area contributed by atoms with Crippen molar-refractivity contribution in [3.63, 3.8) is 0 Å². The van der Waals surface area contributed by atoms with Gasteiger partial charge in [-0.2, -0.15) is 0 Å². The molecule has 0 saturated carbocycles. The Balaban J connectivity index is 1.26. The molecule has 0 bridgehead atoms. The van der Waals surface area contributed by atoms with E-state index in [0.29, 0.717) is 5.11 Å². The molecular formula is C35H28N4O2S. The normalized spacial score (nSPS) is 16.4. The topological polar surface area (TPSA) is 51.6 Å². The molecule has 7 rings (SSSR count). The van der Waals surface area contributed by atoms with Gasteiger partial charge in [-0.05, 0) is 108 Å². The molecule has 2 aromatic heterocycles. The Morgan fingerprint density at radius 3 is 2.14 bits per heavy atom. The second-order valence-corrected chi connectivity index (χ2v) is 10.5.